The summed E-state index contributed by atoms with van der Waals surface area (Å²) in [6, 6.07) is 17.8. The number of nitrogens with zero attached hydrogens (tertiary/aromatic N) is 1. The fourth-order valence-corrected chi connectivity index (χ4v) is 2.61. The molecule has 0 radical (unpaired) electrons. The van der Waals surface area contributed by atoms with Gasteiger partial charge in [-0.25, -0.2) is 4.98 Å². The summed E-state index contributed by atoms with van der Waals surface area (Å²) in [5, 5.41) is 1.07. The molecule has 106 valence electrons. The molecule has 0 saturated heterocycles. The van der Waals surface area contributed by atoms with Crippen LogP contribution in [0.25, 0.3) is 10.9 Å². The molecule has 0 aliphatic rings. The molecule has 0 bridgehead atoms. The molecular formula is C17H16N2OS. The number of hydrogen-bond acceptors (Lipinski definition) is 4. The molecule has 1 heterocycles. The Morgan fingerprint density at radius 1 is 1.10 bits per heavy atom. The summed E-state index contributed by atoms with van der Waals surface area (Å²) in [6.45, 7) is 0.463. The number of para-hydroxylation sites is 1. The second kappa shape index (κ2) is 6.16. The molecule has 0 saturated carbocycles. The van der Waals surface area contributed by atoms with E-state index in [-0.39, 0.29) is 0 Å². The number of benzene rings is 2. The van der Waals surface area contributed by atoms with Crippen molar-refractivity contribution in [3.8, 4) is 11.6 Å². The van der Waals surface area contributed by atoms with E-state index in [0.717, 1.165) is 22.2 Å². The molecule has 0 fully saturated rings. The fourth-order valence-electron chi connectivity index (χ4n) is 2.21. The Bertz CT molecular complexity index is 756. The van der Waals surface area contributed by atoms with E-state index >= 15 is 0 Å². The van der Waals surface area contributed by atoms with Crippen LogP contribution < -0.4 is 10.5 Å². The molecule has 0 spiro atoms. The average Bonchev–Trinajstić information content (AvgIpc) is 2.55. The highest BCUT2D eigenvalue weighted by Crippen LogP contribution is 2.27. The lowest BCUT2D eigenvalue weighted by Crippen LogP contribution is -1.99. The van der Waals surface area contributed by atoms with Crippen molar-refractivity contribution in [2.75, 3.05) is 6.26 Å². The molecule has 3 aromatic rings. The van der Waals surface area contributed by atoms with Crippen LogP contribution in [0.3, 0.4) is 0 Å². The van der Waals surface area contributed by atoms with Crippen molar-refractivity contribution in [1.82, 2.24) is 4.98 Å². The third-order valence-corrected chi connectivity index (χ3v) is 4.02. The Morgan fingerprint density at radius 3 is 2.57 bits per heavy atom. The topological polar surface area (TPSA) is 48.1 Å². The van der Waals surface area contributed by atoms with Gasteiger partial charge in [0.15, 0.2) is 0 Å². The van der Waals surface area contributed by atoms with Gasteiger partial charge in [0, 0.05) is 22.9 Å². The lowest BCUT2D eigenvalue weighted by atomic mass is 10.1. The minimum Gasteiger partial charge on any atom is -0.439 e. The largest absolute Gasteiger partial charge is 0.439 e. The predicted octanol–water partition coefficient (Wildman–Crippen LogP) is 4.21. The maximum atomic E-state index is 5.85. The minimum absolute atomic E-state index is 0.463. The Kier molecular flexibility index (Phi) is 4.08. The molecule has 0 aliphatic carbocycles. The Labute approximate surface area is 128 Å². The zero-order valence-corrected chi connectivity index (χ0v) is 12.6. The predicted molar refractivity (Wildman–Crippen MR) is 87.9 cm³/mol. The van der Waals surface area contributed by atoms with Crippen LogP contribution >= 0.6 is 11.8 Å². The molecule has 0 amide bonds. The van der Waals surface area contributed by atoms with E-state index in [1.165, 1.54) is 4.90 Å². The van der Waals surface area contributed by atoms with Gasteiger partial charge in [-0.3, -0.25) is 0 Å². The summed E-state index contributed by atoms with van der Waals surface area (Å²) in [5.41, 5.74) is 7.77. The zero-order chi connectivity index (χ0) is 14.7. The minimum atomic E-state index is 0.463. The van der Waals surface area contributed by atoms with Crippen molar-refractivity contribution in [2.45, 2.75) is 11.4 Å². The van der Waals surface area contributed by atoms with Gasteiger partial charge in [-0.1, -0.05) is 18.2 Å². The summed E-state index contributed by atoms with van der Waals surface area (Å²) in [7, 11) is 0. The van der Waals surface area contributed by atoms with Crippen molar-refractivity contribution >= 4 is 22.7 Å². The van der Waals surface area contributed by atoms with Gasteiger partial charge in [0.1, 0.15) is 5.75 Å². The van der Waals surface area contributed by atoms with Gasteiger partial charge < -0.3 is 10.5 Å². The highest BCUT2D eigenvalue weighted by Gasteiger charge is 2.06. The summed E-state index contributed by atoms with van der Waals surface area (Å²) >= 11 is 1.70. The van der Waals surface area contributed by atoms with Crippen molar-refractivity contribution < 1.29 is 4.74 Å². The lowest BCUT2D eigenvalue weighted by Gasteiger charge is -2.09. The first kappa shape index (κ1) is 13.9. The lowest BCUT2D eigenvalue weighted by molar-refractivity contribution is 0.464. The number of nitrogens with two attached hydrogens (primary N) is 1. The van der Waals surface area contributed by atoms with Crippen molar-refractivity contribution in [3.05, 3.63) is 60.2 Å². The Hall–Kier alpha value is -2.04. The van der Waals surface area contributed by atoms with Crippen LogP contribution in [0.4, 0.5) is 0 Å². The monoisotopic (exact) mass is 296 g/mol. The van der Waals surface area contributed by atoms with E-state index in [2.05, 4.69) is 4.98 Å². The van der Waals surface area contributed by atoms with Crippen LogP contribution in [0.15, 0.2) is 59.5 Å². The number of thioether (sulfide) groups is 1. The molecular weight excluding hydrogens is 280 g/mol. The highest BCUT2D eigenvalue weighted by molar-refractivity contribution is 7.98. The Balaban J connectivity index is 1.96. The van der Waals surface area contributed by atoms with Crippen LogP contribution in [0, 0.1) is 0 Å². The summed E-state index contributed by atoms with van der Waals surface area (Å²) in [4.78, 5) is 5.74. The number of aromatic nitrogens is 1. The van der Waals surface area contributed by atoms with Crippen molar-refractivity contribution in [1.29, 1.82) is 0 Å². The number of fused-ring (bicyclic) bond motifs is 1. The third kappa shape index (κ3) is 3.01. The molecule has 3 rings (SSSR count). The van der Waals surface area contributed by atoms with E-state index in [4.69, 9.17) is 10.5 Å². The summed E-state index contributed by atoms with van der Waals surface area (Å²) in [6.07, 6.45) is 2.05. The number of rotatable bonds is 4. The summed E-state index contributed by atoms with van der Waals surface area (Å²) in [5.74, 6) is 1.35. The SMILES string of the molecule is CSc1ccc(Oc2cc(CN)c3ccccc3n2)cc1. The van der Waals surface area contributed by atoms with E-state index in [0.29, 0.717) is 12.4 Å². The third-order valence-electron chi connectivity index (χ3n) is 3.28. The van der Waals surface area contributed by atoms with Gasteiger partial charge in [0.25, 0.3) is 0 Å². The fraction of sp³-hybridized carbons (Fsp3) is 0.118. The molecule has 4 heteroatoms. The van der Waals surface area contributed by atoms with Crippen LogP contribution in [0.1, 0.15) is 5.56 Å². The molecule has 0 atom stereocenters. The molecule has 0 unspecified atom stereocenters. The second-order valence-electron chi connectivity index (χ2n) is 4.62. The van der Waals surface area contributed by atoms with Gasteiger partial charge in [-0.2, -0.15) is 0 Å². The first-order valence-corrected chi connectivity index (χ1v) is 7.93. The van der Waals surface area contributed by atoms with E-state index in [9.17, 15) is 0 Å². The van der Waals surface area contributed by atoms with Gasteiger partial charge in [-0.05, 0) is 42.2 Å². The van der Waals surface area contributed by atoms with Crippen LogP contribution in [-0.4, -0.2) is 11.2 Å². The molecule has 0 aliphatic heterocycles. The highest BCUT2D eigenvalue weighted by atomic mass is 32.2. The molecule has 1 aromatic heterocycles. The molecule has 21 heavy (non-hydrogen) atoms. The van der Waals surface area contributed by atoms with E-state index in [1.54, 1.807) is 11.8 Å². The van der Waals surface area contributed by atoms with E-state index < -0.39 is 0 Å². The first-order valence-electron chi connectivity index (χ1n) is 6.71. The number of ether oxygens (including phenoxy) is 1. The van der Waals surface area contributed by atoms with Gasteiger partial charge in [-0.15, -0.1) is 11.8 Å². The van der Waals surface area contributed by atoms with Crippen LogP contribution in [-0.2, 0) is 6.54 Å². The summed E-state index contributed by atoms with van der Waals surface area (Å²) < 4.78 is 5.85. The first-order chi connectivity index (χ1) is 10.3. The smallest absolute Gasteiger partial charge is 0.220 e. The van der Waals surface area contributed by atoms with Gasteiger partial charge >= 0.3 is 0 Å². The average molecular weight is 296 g/mol. The molecule has 2 aromatic carbocycles. The number of pyridine rings is 1. The number of hydrogen-bond donors (Lipinski definition) is 1. The standard InChI is InChI=1S/C17H16N2OS/c1-21-14-8-6-13(7-9-14)20-17-10-12(11-18)15-4-2-3-5-16(15)19-17/h2-10H,11,18H2,1H3. The van der Waals surface area contributed by atoms with Crippen molar-refractivity contribution in [2.24, 2.45) is 5.73 Å². The van der Waals surface area contributed by atoms with Crippen LogP contribution in [0.5, 0.6) is 11.6 Å². The molecule has 3 nitrogen and oxygen atoms in total. The Morgan fingerprint density at radius 2 is 1.86 bits per heavy atom. The second-order valence-corrected chi connectivity index (χ2v) is 5.50. The van der Waals surface area contributed by atoms with Gasteiger partial charge in [0.2, 0.25) is 5.88 Å². The van der Waals surface area contributed by atoms with Gasteiger partial charge in [0.05, 0.1) is 5.52 Å². The molecule has 2 N–H and O–H groups in total. The maximum Gasteiger partial charge on any atom is 0.220 e. The normalized spacial score (nSPS) is 10.8. The zero-order valence-electron chi connectivity index (χ0n) is 11.7. The van der Waals surface area contributed by atoms with Crippen LogP contribution in [0.2, 0.25) is 0 Å². The quantitative estimate of drug-likeness (QED) is 0.733. The maximum absolute atomic E-state index is 5.85. The van der Waals surface area contributed by atoms with E-state index in [1.807, 2.05) is 60.9 Å². The van der Waals surface area contributed by atoms with Crippen molar-refractivity contribution in [3.63, 3.8) is 0 Å².